The third-order valence-corrected chi connectivity index (χ3v) is 3.94. The Labute approximate surface area is 160 Å². The standard InChI is InChI=1S/C18H18N4O4S/c1-3-20-16(23)11-26-14-5-4-12(9-15(14)25-2)8-13(10-19)17(24)22-18-21-6-7-27-18/h4-9H,3,11H2,1-2H3,(H,20,23)(H,21,22,24)/b13-8+. The van der Waals surface area contributed by atoms with Crippen molar-refractivity contribution in [3.05, 3.63) is 40.9 Å². The van der Waals surface area contributed by atoms with Gasteiger partial charge >= 0.3 is 0 Å². The molecule has 0 saturated carbocycles. The summed E-state index contributed by atoms with van der Waals surface area (Å²) in [6.45, 7) is 2.19. The number of likely N-dealkylation sites (N-methyl/N-ethyl adjacent to an activating group) is 1. The van der Waals surface area contributed by atoms with Crippen LogP contribution in [0.3, 0.4) is 0 Å². The minimum absolute atomic E-state index is 0.0803. The smallest absolute Gasteiger partial charge is 0.268 e. The van der Waals surface area contributed by atoms with Gasteiger partial charge in [-0.3, -0.25) is 14.9 Å². The summed E-state index contributed by atoms with van der Waals surface area (Å²) >= 11 is 1.26. The number of nitriles is 1. The van der Waals surface area contributed by atoms with Crippen molar-refractivity contribution >= 4 is 34.4 Å². The Kier molecular flexibility index (Phi) is 7.34. The van der Waals surface area contributed by atoms with Gasteiger partial charge in [-0.1, -0.05) is 6.07 Å². The summed E-state index contributed by atoms with van der Waals surface area (Å²) in [4.78, 5) is 27.6. The Morgan fingerprint density at radius 1 is 1.37 bits per heavy atom. The van der Waals surface area contributed by atoms with Crippen molar-refractivity contribution in [3.8, 4) is 17.6 Å². The number of hydrogen-bond acceptors (Lipinski definition) is 7. The fraction of sp³-hybridized carbons (Fsp3) is 0.222. The predicted molar refractivity (Wildman–Crippen MR) is 102 cm³/mol. The zero-order chi connectivity index (χ0) is 19.6. The van der Waals surface area contributed by atoms with Crippen LogP contribution in [-0.2, 0) is 9.59 Å². The third kappa shape index (κ3) is 5.83. The molecule has 8 nitrogen and oxygen atoms in total. The fourth-order valence-corrected chi connectivity index (χ4v) is 2.57. The zero-order valence-corrected chi connectivity index (χ0v) is 15.6. The number of thiazole rings is 1. The van der Waals surface area contributed by atoms with E-state index in [0.29, 0.717) is 28.7 Å². The molecule has 0 aliphatic heterocycles. The molecule has 0 fully saturated rings. The molecule has 0 atom stereocenters. The van der Waals surface area contributed by atoms with E-state index in [1.807, 2.05) is 13.0 Å². The summed E-state index contributed by atoms with van der Waals surface area (Å²) in [5, 5.41) is 16.6. The number of rotatable bonds is 8. The second-order valence-corrected chi connectivity index (χ2v) is 6.01. The Balaban J connectivity index is 2.14. The Bertz CT molecular complexity index is 872. The van der Waals surface area contributed by atoms with Crippen LogP contribution < -0.4 is 20.1 Å². The van der Waals surface area contributed by atoms with Crippen molar-refractivity contribution in [2.45, 2.75) is 6.92 Å². The molecule has 1 aromatic carbocycles. The molecule has 0 unspecified atom stereocenters. The second kappa shape index (κ2) is 9.94. The van der Waals surface area contributed by atoms with Crippen LogP contribution in [0.4, 0.5) is 5.13 Å². The lowest BCUT2D eigenvalue weighted by Crippen LogP contribution is -2.28. The molecule has 140 valence electrons. The first kappa shape index (κ1) is 19.9. The lowest BCUT2D eigenvalue weighted by molar-refractivity contribution is -0.123. The molecule has 1 heterocycles. The van der Waals surface area contributed by atoms with Gasteiger partial charge in [0.2, 0.25) is 0 Å². The molecule has 2 rings (SSSR count). The number of methoxy groups -OCH3 is 1. The van der Waals surface area contributed by atoms with Crippen LogP contribution >= 0.6 is 11.3 Å². The predicted octanol–water partition coefficient (Wildman–Crippen LogP) is 2.21. The van der Waals surface area contributed by atoms with Crippen molar-refractivity contribution < 1.29 is 19.1 Å². The molecule has 27 heavy (non-hydrogen) atoms. The molecule has 0 spiro atoms. The summed E-state index contributed by atoms with van der Waals surface area (Å²) in [5.41, 5.74) is 0.492. The van der Waals surface area contributed by atoms with E-state index in [9.17, 15) is 14.9 Å². The van der Waals surface area contributed by atoms with Gasteiger partial charge in [0.1, 0.15) is 11.6 Å². The summed E-state index contributed by atoms with van der Waals surface area (Å²) in [6, 6.07) is 6.75. The molecule has 9 heteroatoms. The van der Waals surface area contributed by atoms with E-state index >= 15 is 0 Å². The lowest BCUT2D eigenvalue weighted by Gasteiger charge is -2.11. The molecule has 2 N–H and O–H groups in total. The van der Waals surface area contributed by atoms with Crippen molar-refractivity contribution in [2.24, 2.45) is 0 Å². The van der Waals surface area contributed by atoms with Crippen molar-refractivity contribution in [3.63, 3.8) is 0 Å². The number of nitrogens with zero attached hydrogens (tertiary/aromatic N) is 2. The molecule has 0 radical (unpaired) electrons. The van der Waals surface area contributed by atoms with Crippen LogP contribution in [0.2, 0.25) is 0 Å². The van der Waals surface area contributed by atoms with Gasteiger partial charge in [-0.2, -0.15) is 5.26 Å². The summed E-state index contributed by atoms with van der Waals surface area (Å²) in [5.74, 6) is -0.0329. The molecular weight excluding hydrogens is 368 g/mol. The van der Waals surface area contributed by atoms with Gasteiger partial charge in [0.25, 0.3) is 11.8 Å². The first-order chi connectivity index (χ1) is 13.1. The number of benzene rings is 1. The summed E-state index contributed by atoms with van der Waals surface area (Å²) in [7, 11) is 1.46. The van der Waals surface area contributed by atoms with Gasteiger partial charge < -0.3 is 14.8 Å². The van der Waals surface area contributed by atoms with E-state index in [1.54, 1.807) is 29.8 Å². The minimum Gasteiger partial charge on any atom is -0.493 e. The molecule has 0 aliphatic carbocycles. The van der Waals surface area contributed by atoms with Gasteiger partial charge in [0.15, 0.2) is 23.2 Å². The van der Waals surface area contributed by atoms with Gasteiger partial charge in [-0.05, 0) is 30.7 Å². The van der Waals surface area contributed by atoms with E-state index in [4.69, 9.17) is 9.47 Å². The van der Waals surface area contributed by atoms with Gasteiger partial charge in [0.05, 0.1) is 7.11 Å². The molecule has 0 saturated heterocycles. The molecule has 2 amide bonds. The Morgan fingerprint density at radius 2 is 2.19 bits per heavy atom. The van der Waals surface area contributed by atoms with Gasteiger partial charge in [0, 0.05) is 18.1 Å². The van der Waals surface area contributed by atoms with Crippen LogP contribution in [0, 0.1) is 11.3 Å². The van der Waals surface area contributed by atoms with E-state index in [1.165, 1.54) is 24.5 Å². The molecule has 0 aliphatic rings. The zero-order valence-electron chi connectivity index (χ0n) is 14.8. The number of carbonyl (C=O) groups is 2. The maximum absolute atomic E-state index is 12.2. The average Bonchev–Trinajstić information content (AvgIpc) is 3.17. The number of anilines is 1. The normalized spacial score (nSPS) is 10.6. The highest BCUT2D eigenvalue weighted by Crippen LogP contribution is 2.29. The van der Waals surface area contributed by atoms with E-state index < -0.39 is 5.91 Å². The minimum atomic E-state index is -0.553. The monoisotopic (exact) mass is 386 g/mol. The third-order valence-electron chi connectivity index (χ3n) is 3.25. The van der Waals surface area contributed by atoms with Crippen molar-refractivity contribution in [1.82, 2.24) is 10.3 Å². The van der Waals surface area contributed by atoms with E-state index in [-0.39, 0.29) is 18.1 Å². The maximum atomic E-state index is 12.2. The first-order valence-corrected chi connectivity index (χ1v) is 8.85. The first-order valence-electron chi connectivity index (χ1n) is 7.97. The molecule has 2 aromatic rings. The Hall–Kier alpha value is -3.38. The summed E-state index contributed by atoms with van der Waals surface area (Å²) in [6.07, 6.45) is 2.99. The van der Waals surface area contributed by atoms with Gasteiger partial charge in [-0.15, -0.1) is 11.3 Å². The van der Waals surface area contributed by atoms with Crippen molar-refractivity contribution in [1.29, 1.82) is 5.26 Å². The quantitative estimate of drug-likeness (QED) is 0.531. The van der Waals surface area contributed by atoms with Crippen LogP contribution in [0.1, 0.15) is 12.5 Å². The molecular formula is C18H18N4O4S. The number of nitrogens with one attached hydrogen (secondary N) is 2. The highest BCUT2D eigenvalue weighted by Gasteiger charge is 2.12. The topological polar surface area (TPSA) is 113 Å². The van der Waals surface area contributed by atoms with Crippen LogP contribution in [0.5, 0.6) is 11.5 Å². The van der Waals surface area contributed by atoms with Crippen molar-refractivity contribution in [2.75, 3.05) is 25.6 Å². The maximum Gasteiger partial charge on any atom is 0.268 e. The lowest BCUT2D eigenvalue weighted by atomic mass is 10.1. The van der Waals surface area contributed by atoms with Crippen LogP contribution in [-0.4, -0.2) is 37.1 Å². The number of ether oxygens (including phenoxy) is 2. The molecule has 0 bridgehead atoms. The highest BCUT2D eigenvalue weighted by molar-refractivity contribution is 7.13. The van der Waals surface area contributed by atoms with E-state index in [2.05, 4.69) is 15.6 Å². The largest absolute Gasteiger partial charge is 0.493 e. The number of amides is 2. The highest BCUT2D eigenvalue weighted by atomic mass is 32.1. The second-order valence-electron chi connectivity index (χ2n) is 5.11. The SMILES string of the molecule is CCNC(=O)COc1ccc(/C=C(\C#N)C(=O)Nc2nccs2)cc1OC. The summed E-state index contributed by atoms with van der Waals surface area (Å²) < 4.78 is 10.7. The number of carbonyl (C=O) groups excluding carboxylic acids is 2. The number of hydrogen-bond donors (Lipinski definition) is 2. The van der Waals surface area contributed by atoms with Crippen LogP contribution in [0.15, 0.2) is 35.3 Å². The number of aromatic nitrogens is 1. The fourth-order valence-electron chi connectivity index (χ4n) is 2.05. The van der Waals surface area contributed by atoms with Gasteiger partial charge in [-0.25, -0.2) is 4.98 Å². The average molecular weight is 386 g/mol. The Morgan fingerprint density at radius 3 is 2.81 bits per heavy atom. The molecule has 1 aromatic heterocycles. The van der Waals surface area contributed by atoms with E-state index in [0.717, 1.165) is 0 Å². The van der Waals surface area contributed by atoms with Crippen LogP contribution in [0.25, 0.3) is 6.08 Å².